The third-order valence-electron chi connectivity index (χ3n) is 4.68. The molecule has 3 rings (SSSR count). The van der Waals surface area contributed by atoms with Gasteiger partial charge in [0.15, 0.2) is 12.7 Å². The largest absolute Gasteiger partial charge is 0.477 e. The Labute approximate surface area is 191 Å². The zero-order chi connectivity index (χ0) is 24.0. The number of primary amides is 1. The number of rotatable bonds is 8. The Morgan fingerprint density at radius 2 is 1.88 bits per heavy atom. The van der Waals surface area contributed by atoms with Crippen LogP contribution in [-0.2, 0) is 29.1 Å². The summed E-state index contributed by atoms with van der Waals surface area (Å²) in [6, 6.07) is 13.7. The standard InChI is InChI=1S/C22H23N3O7S/c1-15-6-8-16(9-7-15)10-11-33(29,30)24-12-21(27)31-14-20(26)25-13-19(22(23)28)32-18-5-3-2-4-17(18)25/h2-11,19,24H,12-14H2,1H3,(H2,23,28)/b11-10+. The third-order valence-corrected chi connectivity index (χ3v) is 5.72. The van der Waals surface area contributed by atoms with Crippen molar-refractivity contribution >= 4 is 39.6 Å². The van der Waals surface area contributed by atoms with Crippen LogP contribution in [0.5, 0.6) is 5.75 Å². The molecule has 0 fully saturated rings. The molecule has 1 unspecified atom stereocenters. The van der Waals surface area contributed by atoms with E-state index in [1.54, 1.807) is 36.4 Å². The maximum absolute atomic E-state index is 12.6. The van der Waals surface area contributed by atoms with Gasteiger partial charge in [-0.1, -0.05) is 42.0 Å². The minimum absolute atomic E-state index is 0.140. The number of fused-ring (bicyclic) bond motifs is 1. The van der Waals surface area contributed by atoms with Crippen molar-refractivity contribution in [3.05, 3.63) is 65.1 Å². The molecule has 2 amide bonds. The topological polar surface area (TPSA) is 145 Å². The first-order valence-electron chi connectivity index (χ1n) is 9.90. The van der Waals surface area contributed by atoms with Crippen LogP contribution in [0.3, 0.4) is 0 Å². The molecule has 0 spiro atoms. The van der Waals surface area contributed by atoms with E-state index in [0.29, 0.717) is 17.0 Å². The highest BCUT2D eigenvalue weighted by Crippen LogP contribution is 2.33. The van der Waals surface area contributed by atoms with E-state index in [4.69, 9.17) is 15.2 Å². The van der Waals surface area contributed by atoms with Crippen molar-refractivity contribution in [1.29, 1.82) is 0 Å². The molecule has 11 heteroatoms. The number of hydrogen-bond donors (Lipinski definition) is 2. The molecule has 174 valence electrons. The first-order valence-corrected chi connectivity index (χ1v) is 11.4. The molecule has 3 N–H and O–H groups in total. The molecule has 0 aliphatic carbocycles. The van der Waals surface area contributed by atoms with E-state index in [9.17, 15) is 22.8 Å². The number of hydrogen-bond acceptors (Lipinski definition) is 7. The van der Waals surface area contributed by atoms with Crippen LogP contribution >= 0.6 is 0 Å². The highest BCUT2D eigenvalue weighted by atomic mass is 32.2. The van der Waals surface area contributed by atoms with Crippen molar-refractivity contribution in [3.63, 3.8) is 0 Å². The third kappa shape index (κ3) is 6.64. The molecule has 0 radical (unpaired) electrons. The molecular weight excluding hydrogens is 450 g/mol. The number of aryl methyl sites for hydroxylation is 1. The first-order chi connectivity index (χ1) is 15.6. The number of amides is 2. The van der Waals surface area contributed by atoms with E-state index in [2.05, 4.69) is 4.72 Å². The van der Waals surface area contributed by atoms with Crippen LogP contribution in [0.1, 0.15) is 11.1 Å². The smallest absolute Gasteiger partial charge is 0.321 e. The molecule has 1 aliphatic heterocycles. The van der Waals surface area contributed by atoms with Crippen LogP contribution in [-0.4, -0.2) is 52.0 Å². The number of ether oxygens (including phenoxy) is 2. The van der Waals surface area contributed by atoms with Gasteiger partial charge in [0.05, 0.1) is 12.2 Å². The number of nitrogens with one attached hydrogen (secondary N) is 1. The summed E-state index contributed by atoms with van der Waals surface area (Å²) in [5, 5.41) is 0.935. The van der Waals surface area contributed by atoms with Crippen molar-refractivity contribution < 1.29 is 32.3 Å². The summed E-state index contributed by atoms with van der Waals surface area (Å²) in [5.74, 6) is -2.01. The first kappa shape index (κ1) is 24.0. The van der Waals surface area contributed by atoms with Gasteiger partial charge < -0.3 is 20.1 Å². The number of para-hydroxylation sites is 2. The van der Waals surface area contributed by atoms with Gasteiger partial charge in [-0.2, -0.15) is 0 Å². The second-order valence-corrected chi connectivity index (χ2v) is 8.87. The molecule has 10 nitrogen and oxygen atoms in total. The Balaban J connectivity index is 1.53. The molecule has 0 bridgehead atoms. The Bertz CT molecular complexity index is 1180. The Morgan fingerprint density at radius 1 is 1.18 bits per heavy atom. The van der Waals surface area contributed by atoms with Gasteiger partial charge in [0.2, 0.25) is 10.0 Å². The average molecular weight is 474 g/mol. The van der Waals surface area contributed by atoms with Gasteiger partial charge in [0.1, 0.15) is 12.3 Å². The SMILES string of the molecule is Cc1ccc(/C=C/S(=O)(=O)NCC(=O)OCC(=O)N2CC(C(N)=O)Oc3ccccc32)cc1. The van der Waals surface area contributed by atoms with Gasteiger partial charge in [-0.15, -0.1) is 0 Å². The van der Waals surface area contributed by atoms with Gasteiger partial charge in [0, 0.05) is 5.41 Å². The zero-order valence-electron chi connectivity index (χ0n) is 17.8. The number of anilines is 1. The fraction of sp³-hybridized carbons (Fsp3) is 0.227. The minimum Gasteiger partial charge on any atom is -0.477 e. The summed E-state index contributed by atoms with van der Waals surface area (Å²) in [5.41, 5.74) is 7.42. The molecule has 1 aliphatic rings. The number of carbonyl (C=O) groups excluding carboxylic acids is 3. The van der Waals surface area contributed by atoms with Crippen molar-refractivity contribution in [1.82, 2.24) is 4.72 Å². The Kier molecular flexibility index (Phi) is 7.46. The van der Waals surface area contributed by atoms with Crippen LogP contribution in [0.4, 0.5) is 5.69 Å². The molecule has 33 heavy (non-hydrogen) atoms. The van der Waals surface area contributed by atoms with Crippen molar-refractivity contribution in [2.75, 3.05) is 24.6 Å². The number of nitrogens with zero attached hydrogens (tertiary/aromatic N) is 1. The number of esters is 1. The van der Waals surface area contributed by atoms with Gasteiger partial charge in [-0.3, -0.25) is 14.4 Å². The normalized spacial score (nSPS) is 15.5. The lowest BCUT2D eigenvalue weighted by Crippen LogP contribution is -2.50. The second-order valence-electron chi connectivity index (χ2n) is 7.22. The lowest BCUT2D eigenvalue weighted by molar-refractivity contribution is -0.146. The lowest BCUT2D eigenvalue weighted by Gasteiger charge is -2.33. The predicted molar refractivity (Wildman–Crippen MR) is 120 cm³/mol. The number of sulfonamides is 1. The lowest BCUT2D eigenvalue weighted by atomic mass is 10.2. The Hall–Kier alpha value is -3.70. The summed E-state index contributed by atoms with van der Waals surface area (Å²) < 4.78 is 36.6. The average Bonchev–Trinajstić information content (AvgIpc) is 2.80. The van der Waals surface area contributed by atoms with E-state index in [1.165, 1.54) is 11.0 Å². The molecule has 1 atom stereocenters. The van der Waals surface area contributed by atoms with Crippen molar-refractivity contribution in [2.45, 2.75) is 13.0 Å². The molecule has 2 aromatic rings. The molecule has 2 aromatic carbocycles. The maximum Gasteiger partial charge on any atom is 0.321 e. The van der Waals surface area contributed by atoms with Gasteiger partial charge >= 0.3 is 5.97 Å². The summed E-state index contributed by atoms with van der Waals surface area (Å²) in [6.07, 6.45) is 0.341. The van der Waals surface area contributed by atoms with Crippen LogP contribution in [0.15, 0.2) is 53.9 Å². The van der Waals surface area contributed by atoms with Crippen molar-refractivity contribution in [2.24, 2.45) is 5.73 Å². The van der Waals surface area contributed by atoms with E-state index >= 15 is 0 Å². The van der Waals surface area contributed by atoms with Crippen LogP contribution in [0.2, 0.25) is 0 Å². The van der Waals surface area contributed by atoms with Crippen LogP contribution in [0.25, 0.3) is 6.08 Å². The summed E-state index contributed by atoms with van der Waals surface area (Å²) in [7, 11) is -3.90. The fourth-order valence-electron chi connectivity index (χ4n) is 2.94. The quantitative estimate of drug-likeness (QED) is 0.537. The summed E-state index contributed by atoms with van der Waals surface area (Å²) >= 11 is 0. The monoisotopic (exact) mass is 473 g/mol. The van der Waals surface area contributed by atoms with Gasteiger partial charge in [-0.05, 0) is 30.7 Å². The molecule has 0 aromatic heterocycles. The highest BCUT2D eigenvalue weighted by molar-refractivity contribution is 7.92. The van der Waals surface area contributed by atoms with Crippen molar-refractivity contribution in [3.8, 4) is 5.75 Å². The van der Waals surface area contributed by atoms with E-state index in [0.717, 1.165) is 11.0 Å². The number of nitrogens with two attached hydrogens (primary N) is 1. The Morgan fingerprint density at radius 3 is 2.58 bits per heavy atom. The van der Waals surface area contributed by atoms with E-state index in [1.807, 2.05) is 19.1 Å². The number of carbonyl (C=O) groups is 3. The molecule has 0 saturated heterocycles. The molecule has 0 saturated carbocycles. The second kappa shape index (κ2) is 10.3. The summed E-state index contributed by atoms with van der Waals surface area (Å²) in [4.78, 5) is 37.3. The molecule has 1 heterocycles. The minimum atomic E-state index is -3.90. The van der Waals surface area contributed by atoms with Crippen LogP contribution < -0.4 is 20.1 Å². The van der Waals surface area contributed by atoms with E-state index in [-0.39, 0.29) is 6.54 Å². The van der Waals surface area contributed by atoms with Gasteiger partial charge in [-0.25, -0.2) is 13.1 Å². The predicted octanol–water partition coefficient (Wildman–Crippen LogP) is 0.708. The molecular formula is C22H23N3O7S. The maximum atomic E-state index is 12.6. The van der Waals surface area contributed by atoms with E-state index < -0.39 is 47.1 Å². The zero-order valence-corrected chi connectivity index (χ0v) is 18.6. The van der Waals surface area contributed by atoms with Gasteiger partial charge in [0.25, 0.3) is 11.8 Å². The summed E-state index contributed by atoms with van der Waals surface area (Å²) in [6.45, 7) is 0.465. The number of benzene rings is 2. The van der Waals surface area contributed by atoms with Crippen LogP contribution in [0, 0.1) is 6.92 Å². The fourth-order valence-corrected chi connectivity index (χ4v) is 3.69. The highest BCUT2D eigenvalue weighted by Gasteiger charge is 2.32.